The van der Waals surface area contributed by atoms with E-state index in [0.29, 0.717) is 0 Å². The van der Waals surface area contributed by atoms with Crippen molar-refractivity contribution in [2.75, 3.05) is 0 Å². The molecule has 1 unspecified atom stereocenters. The van der Waals surface area contributed by atoms with Crippen LogP contribution in [0.4, 0.5) is 0 Å². The number of aromatic carboxylic acids is 1. The van der Waals surface area contributed by atoms with Crippen molar-refractivity contribution < 1.29 is 15.0 Å². The van der Waals surface area contributed by atoms with Crippen LogP contribution in [0.1, 0.15) is 28.3 Å². The molecular weight excluding hydrogens is 236 g/mol. The van der Waals surface area contributed by atoms with Crippen molar-refractivity contribution in [3.8, 4) is 10.4 Å². The lowest BCUT2D eigenvalue weighted by Crippen LogP contribution is -1.94. The van der Waals surface area contributed by atoms with Gasteiger partial charge in [0.15, 0.2) is 0 Å². The zero-order valence-corrected chi connectivity index (χ0v) is 10.1. The Labute approximate surface area is 103 Å². The van der Waals surface area contributed by atoms with Gasteiger partial charge in [0.1, 0.15) is 0 Å². The summed E-state index contributed by atoms with van der Waals surface area (Å²) in [6, 6.07) is 10.5. The highest BCUT2D eigenvalue weighted by Crippen LogP contribution is 2.31. The van der Waals surface area contributed by atoms with E-state index in [1.54, 1.807) is 31.2 Å². The average molecular weight is 248 g/mol. The minimum absolute atomic E-state index is 0.279. The summed E-state index contributed by atoms with van der Waals surface area (Å²) < 4.78 is 0. The number of carbonyl (C=O) groups is 1. The molecule has 1 atom stereocenters. The fourth-order valence-corrected chi connectivity index (χ4v) is 2.46. The number of carboxylic acids is 1. The molecule has 1 aromatic heterocycles. The van der Waals surface area contributed by atoms with Gasteiger partial charge in [0.25, 0.3) is 0 Å². The Kier molecular flexibility index (Phi) is 3.26. The highest BCUT2D eigenvalue weighted by atomic mass is 32.1. The molecule has 2 rings (SSSR count). The molecule has 1 heterocycles. The molecule has 2 aromatic rings. The molecule has 0 saturated heterocycles. The van der Waals surface area contributed by atoms with Crippen molar-refractivity contribution in [3.05, 3.63) is 46.8 Å². The number of rotatable bonds is 3. The molecule has 1 aromatic carbocycles. The van der Waals surface area contributed by atoms with Crippen molar-refractivity contribution in [1.29, 1.82) is 0 Å². The fourth-order valence-electron chi connectivity index (χ4n) is 1.51. The van der Waals surface area contributed by atoms with Crippen molar-refractivity contribution in [3.63, 3.8) is 0 Å². The summed E-state index contributed by atoms with van der Waals surface area (Å²) in [5.41, 5.74) is 1.24. The second kappa shape index (κ2) is 4.69. The number of aliphatic hydroxyl groups is 1. The molecule has 0 amide bonds. The molecule has 3 nitrogen and oxygen atoms in total. The highest BCUT2D eigenvalue weighted by molar-refractivity contribution is 7.15. The Morgan fingerprint density at radius 2 is 1.82 bits per heavy atom. The lowest BCUT2D eigenvalue weighted by atomic mass is 10.1. The van der Waals surface area contributed by atoms with E-state index < -0.39 is 12.1 Å². The quantitative estimate of drug-likeness (QED) is 0.877. The second-order valence-corrected chi connectivity index (χ2v) is 4.88. The third kappa shape index (κ3) is 2.54. The van der Waals surface area contributed by atoms with Gasteiger partial charge in [-0.1, -0.05) is 12.1 Å². The number of hydrogen-bond acceptors (Lipinski definition) is 3. The van der Waals surface area contributed by atoms with Crippen molar-refractivity contribution in [2.45, 2.75) is 13.0 Å². The lowest BCUT2D eigenvalue weighted by molar-refractivity contribution is 0.0697. The molecule has 0 aliphatic carbocycles. The van der Waals surface area contributed by atoms with E-state index in [-0.39, 0.29) is 5.56 Å². The zero-order chi connectivity index (χ0) is 12.4. The van der Waals surface area contributed by atoms with Crippen LogP contribution in [-0.4, -0.2) is 16.2 Å². The Bertz CT molecular complexity index is 526. The Morgan fingerprint density at radius 1 is 1.18 bits per heavy atom. The molecule has 4 heteroatoms. The van der Waals surface area contributed by atoms with Crippen LogP contribution in [0.25, 0.3) is 10.4 Å². The fraction of sp³-hybridized carbons (Fsp3) is 0.154. The third-order valence-corrected chi connectivity index (χ3v) is 3.76. The van der Waals surface area contributed by atoms with Gasteiger partial charge in [-0.25, -0.2) is 4.79 Å². The first-order valence-corrected chi connectivity index (χ1v) is 6.01. The Hall–Kier alpha value is -1.65. The monoisotopic (exact) mass is 248 g/mol. The first-order chi connectivity index (χ1) is 8.08. The summed E-state index contributed by atoms with van der Waals surface area (Å²) >= 11 is 1.51. The first kappa shape index (κ1) is 11.8. The van der Waals surface area contributed by atoms with Crippen LogP contribution in [0, 0.1) is 0 Å². The lowest BCUT2D eigenvalue weighted by Gasteiger charge is -2.00. The van der Waals surface area contributed by atoms with E-state index in [9.17, 15) is 9.90 Å². The molecule has 0 radical (unpaired) electrons. The van der Waals surface area contributed by atoms with E-state index >= 15 is 0 Å². The second-order valence-electron chi connectivity index (χ2n) is 3.76. The zero-order valence-electron chi connectivity index (χ0n) is 9.25. The smallest absolute Gasteiger partial charge is 0.335 e. The van der Waals surface area contributed by atoms with Crippen LogP contribution in [0.15, 0.2) is 36.4 Å². The van der Waals surface area contributed by atoms with Gasteiger partial charge in [0.2, 0.25) is 0 Å². The third-order valence-electron chi connectivity index (χ3n) is 2.45. The van der Waals surface area contributed by atoms with Crippen molar-refractivity contribution >= 4 is 17.3 Å². The van der Waals surface area contributed by atoms with E-state index in [1.807, 2.05) is 12.1 Å². The maximum Gasteiger partial charge on any atom is 0.335 e. The number of thiophene rings is 1. The molecule has 0 spiro atoms. The molecule has 0 bridgehead atoms. The largest absolute Gasteiger partial charge is 0.478 e. The van der Waals surface area contributed by atoms with Crippen LogP contribution >= 0.6 is 11.3 Å². The topological polar surface area (TPSA) is 57.5 Å². The van der Waals surface area contributed by atoms with Crippen LogP contribution in [-0.2, 0) is 0 Å². The van der Waals surface area contributed by atoms with Gasteiger partial charge in [-0.05, 0) is 36.8 Å². The number of aliphatic hydroxyl groups excluding tert-OH is 1. The van der Waals surface area contributed by atoms with Crippen LogP contribution < -0.4 is 0 Å². The predicted octanol–water partition coefficient (Wildman–Crippen LogP) is 3.17. The summed E-state index contributed by atoms with van der Waals surface area (Å²) in [6.07, 6.45) is -0.466. The molecule has 0 aliphatic rings. The van der Waals surface area contributed by atoms with Crippen LogP contribution in [0.3, 0.4) is 0 Å². The van der Waals surface area contributed by atoms with Gasteiger partial charge in [0, 0.05) is 9.75 Å². The van der Waals surface area contributed by atoms with E-state index in [1.165, 1.54) is 11.3 Å². The van der Waals surface area contributed by atoms with Gasteiger partial charge in [-0.3, -0.25) is 0 Å². The molecule has 0 fully saturated rings. The number of carboxylic acid groups (broad SMARTS) is 1. The predicted molar refractivity (Wildman–Crippen MR) is 67.3 cm³/mol. The molecule has 17 heavy (non-hydrogen) atoms. The minimum atomic E-state index is -0.924. The normalized spacial score (nSPS) is 12.4. The molecule has 0 aliphatic heterocycles. The van der Waals surface area contributed by atoms with E-state index in [4.69, 9.17) is 5.11 Å². The van der Waals surface area contributed by atoms with Gasteiger partial charge >= 0.3 is 5.97 Å². The summed E-state index contributed by atoms with van der Waals surface area (Å²) in [5.74, 6) is -0.924. The van der Waals surface area contributed by atoms with Gasteiger partial charge in [0.05, 0.1) is 11.7 Å². The molecule has 88 valence electrons. The van der Waals surface area contributed by atoms with Gasteiger partial charge in [-0.2, -0.15) is 0 Å². The van der Waals surface area contributed by atoms with Crippen molar-refractivity contribution in [2.24, 2.45) is 0 Å². The van der Waals surface area contributed by atoms with Gasteiger partial charge < -0.3 is 10.2 Å². The first-order valence-electron chi connectivity index (χ1n) is 5.19. The van der Waals surface area contributed by atoms with Crippen LogP contribution in [0.5, 0.6) is 0 Å². The Balaban J connectivity index is 2.30. The molecule has 2 N–H and O–H groups in total. The Morgan fingerprint density at radius 3 is 2.29 bits per heavy atom. The number of benzene rings is 1. The molecule has 0 saturated carbocycles. The maximum absolute atomic E-state index is 10.7. The summed E-state index contributed by atoms with van der Waals surface area (Å²) in [7, 11) is 0. The standard InChI is InChI=1S/C13H12O3S/c1-8(14)11-6-7-12(17-11)9-2-4-10(5-3-9)13(15)16/h2-8,14H,1H3,(H,15,16). The maximum atomic E-state index is 10.7. The molecular formula is C13H12O3S. The van der Waals surface area contributed by atoms with E-state index in [2.05, 4.69) is 0 Å². The summed E-state index contributed by atoms with van der Waals surface area (Å²) in [6.45, 7) is 1.73. The van der Waals surface area contributed by atoms with Gasteiger partial charge in [-0.15, -0.1) is 11.3 Å². The highest BCUT2D eigenvalue weighted by Gasteiger charge is 2.08. The number of hydrogen-bond donors (Lipinski definition) is 2. The minimum Gasteiger partial charge on any atom is -0.478 e. The SMILES string of the molecule is CC(O)c1ccc(-c2ccc(C(=O)O)cc2)s1. The van der Waals surface area contributed by atoms with Crippen LogP contribution in [0.2, 0.25) is 0 Å². The van der Waals surface area contributed by atoms with Crippen molar-refractivity contribution in [1.82, 2.24) is 0 Å². The summed E-state index contributed by atoms with van der Waals surface area (Å²) in [5, 5.41) is 18.2. The summed E-state index contributed by atoms with van der Waals surface area (Å²) in [4.78, 5) is 12.6. The van der Waals surface area contributed by atoms with E-state index in [0.717, 1.165) is 15.3 Å². The average Bonchev–Trinajstić information content (AvgIpc) is 2.78.